The van der Waals surface area contributed by atoms with Crippen molar-refractivity contribution in [1.29, 1.82) is 0 Å². The molecule has 0 aliphatic carbocycles. The predicted octanol–water partition coefficient (Wildman–Crippen LogP) is 3.87. The SMILES string of the molecule is CC(C)CC(N)c1cc(F)ccc1N1CCN(C(=O)C(Cc2ccc(Cl)cc2Cl)N2CCNCC2=O)CC1. The number of nitrogens with zero attached hydrogens (tertiary/aromatic N) is 3. The van der Waals surface area contributed by atoms with Crippen LogP contribution in [0.3, 0.4) is 0 Å². The smallest absolute Gasteiger partial charge is 0.245 e. The summed E-state index contributed by atoms with van der Waals surface area (Å²) in [4.78, 5) is 32.3. The van der Waals surface area contributed by atoms with Crippen LogP contribution in [0.5, 0.6) is 0 Å². The van der Waals surface area contributed by atoms with Crippen molar-refractivity contribution < 1.29 is 14.0 Å². The molecule has 2 aliphatic heterocycles. The summed E-state index contributed by atoms with van der Waals surface area (Å²) in [5.41, 5.74) is 8.93. The number of hydrogen-bond donors (Lipinski definition) is 2. The molecule has 206 valence electrons. The molecule has 0 spiro atoms. The number of halogens is 3. The zero-order valence-corrected chi connectivity index (χ0v) is 23.4. The van der Waals surface area contributed by atoms with E-state index in [4.69, 9.17) is 28.9 Å². The van der Waals surface area contributed by atoms with Gasteiger partial charge >= 0.3 is 0 Å². The maximum atomic E-state index is 14.1. The molecule has 38 heavy (non-hydrogen) atoms. The number of amides is 2. The van der Waals surface area contributed by atoms with E-state index in [9.17, 15) is 14.0 Å². The fourth-order valence-electron chi connectivity index (χ4n) is 5.30. The van der Waals surface area contributed by atoms with Crippen molar-refractivity contribution in [3.63, 3.8) is 0 Å². The minimum Gasteiger partial charge on any atom is -0.368 e. The lowest BCUT2D eigenvalue weighted by Gasteiger charge is -2.41. The van der Waals surface area contributed by atoms with Crippen molar-refractivity contribution in [2.75, 3.05) is 50.7 Å². The van der Waals surface area contributed by atoms with Crippen molar-refractivity contribution in [2.24, 2.45) is 11.7 Å². The average molecular weight is 565 g/mol. The Morgan fingerprint density at radius 3 is 2.47 bits per heavy atom. The van der Waals surface area contributed by atoms with Crippen molar-refractivity contribution in [1.82, 2.24) is 15.1 Å². The zero-order valence-electron chi connectivity index (χ0n) is 21.9. The number of carbonyl (C=O) groups is 2. The van der Waals surface area contributed by atoms with Crippen LogP contribution in [0.2, 0.25) is 10.0 Å². The second-order valence-corrected chi connectivity index (χ2v) is 11.3. The van der Waals surface area contributed by atoms with Gasteiger partial charge < -0.3 is 25.8 Å². The van der Waals surface area contributed by atoms with E-state index in [0.29, 0.717) is 61.7 Å². The molecule has 2 aromatic rings. The molecule has 2 atom stereocenters. The highest BCUT2D eigenvalue weighted by molar-refractivity contribution is 6.35. The van der Waals surface area contributed by atoms with Crippen molar-refractivity contribution in [3.8, 4) is 0 Å². The van der Waals surface area contributed by atoms with E-state index in [1.165, 1.54) is 12.1 Å². The van der Waals surface area contributed by atoms with E-state index < -0.39 is 6.04 Å². The van der Waals surface area contributed by atoms with Gasteiger partial charge in [-0.05, 0) is 53.8 Å². The van der Waals surface area contributed by atoms with Crippen LogP contribution in [0.15, 0.2) is 36.4 Å². The summed E-state index contributed by atoms with van der Waals surface area (Å²) in [6.07, 6.45) is 1.06. The van der Waals surface area contributed by atoms with E-state index in [1.807, 2.05) is 11.0 Å². The molecule has 2 fully saturated rings. The molecule has 4 rings (SSSR count). The Morgan fingerprint density at radius 2 is 1.82 bits per heavy atom. The summed E-state index contributed by atoms with van der Waals surface area (Å²) in [6.45, 7) is 7.62. The summed E-state index contributed by atoms with van der Waals surface area (Å²) < 4.78 is 14.1. The van der Waals surface area contributed by atoms with Crippen LogP contribution >= 0.6 is 23.2 Å². The van der Waals surface area contributed by atoms with Gasteiger partial charge in [-0.15, -0.1) is 0 Å². The molecule has 0 radical (unpaired) electrons. The summed E-state index contributed by atoms with van der Waals surface area (Å²) in [5, 5.41) is 4.07. The second-order valence-electron chi connectivity index (χ2n) is 10.5. The Morgan fingerprint density at radius 1 is 1.08 bits per heavy atom. The van der Waals surface area contributed by atoms with E-state index in [2.05, 4.69) is 24.1 Å². The standard InChI is InChI=1S/C28H36Cl2FN5O2/c1-18(2)13-24(32)22-16-21(31)5-6-25(22)34-9-11-35(12-10-34)28(38)26(36-8-7-33-17-27(36)37)14-19-3-4-20(29)15-23(19)30/h3-6,15-16,18,24,26,33H,7-14,17,32H2,1-2H3. The molecule has 2 heterocycles. The Balaban J connectivity index is 1.51. The molecular formula is C28H36Cl2FN5O2. The van der Waals surface area contributed by atoms with Gasteiger partial charge in [0, 0.05) is 67.5 Å². The highest BCUT2D eigenvalue weighted by atomic mass is 35.5. The van der Waals surface area contributed by atoms with Crippen LogP contribution in [-0.2, 0) is 16.0 Å². The summed E-state index contributed by atoms with van der Waals surface area (Å²) in [5.74, 6) is -0.120. The van der Waals surface area contributed by atoms with Gasteiger partial charge in [-0.1, -0.05) is 43.1 Å². The molecule has 0 bridgehead atoms. The first kappa shape index (κ1) is 28.6. The first-order valence-corrected chi connectivity index (χ1v) is 13.9. The minimum atomic E-state index is -0.657. The molecule has 2 aliphatic rings. The van der Waals surface area contributed by atoms with Crippen molar-refractivity contribution >= 4 is 40.7 Å². The number of piperazine rings is 2. The maximum Gasteiger partial charge on any atom is 0.245 e. The third-order valence-corrected chi connectivity index (χ3v) is 7.85. The monoisotopic (exact) mass is 563 g/mol. The van der Waals surface area contributed by atoms with Crippen LogP contribution < -0.4 is 16.0 Å². The molecule has 0 saturated carbocycles. The third kappa shape index (κ3) is 6.78. The quantitative estimate of drug-likeness (QED) is 0.509. The zero-order chi connectivity index (χ0) is 27.4. The predicted molar refractivity (Wildman–Crippen MR) is 150 cm³/mol. The molecule has 0 aromatic heterocycles. The van der Waals surface area contributed by atoms with Gasteiger partial charge in [-0.25, -0.2) is 4.39 Å². The fourth-order valence-corrected chi connectivity index (χ4v) is 5.79. The largest absolute Gasteiger partial charge is 0.368 e. The summed E-state index contributed by atoms with van der Waals surface area (Å²) in [7, 11) is 0. The molecule has 2 aromatic carbocycles. The highest BCUT2D eigenvalue weighted by Gasteiger charge is 2.36. The number of nitrogens with one attached hydrogen (secondary N) is 1. The van der Waals surface area contributed by atoms with E-state index >= 15 is 0 Å². The lowest BCUT2D eigenvalue weighted by molar-refractivity contribution is -0.146. The fraction of sp³-hybridized carbons (Fsp3) is 0.500. The molecular weight excluding hydrogens is 528 g/mol. The molecule has 10 heteroatoms. The third-order valence-electron chi connectivity index (χ3n) is 7.26. The summed E-state index contributed by atoms with van der Waals surface area (Å²) >= 11 is 12.5. The van der Waals surface area contributed by atoms with E-state index in [-0.39, 0.29) is 30.2 Å². The average Bonchev–Trinajstić information content (AvgIpc) is 2.88. The normalized spacial score (nSPS) is 18.2. The number of carbonyl (C=O) groups excluding carboxylic acids is 2. The topological polar surface area (TPSA) is 81.9 Å². The van der Waals surface area contributed by atoms with Crippen LogP contribution in [-0.4, -0.2) is 73.5 Å². The number of anilines is 1. The highest BCUT2D eigenvalue weighted by Crippen LogP contribution is 2.31. The lowest BCUT2D eigenvalue weighted by Crippen LogP contribution is -2.60. The van der Waals surface area contributed by atoms with Crippen LogP contribution in [0.25, 0.3) is 0 Å². The number of nitrogens with two attached hydrogens (primary N) is 1. The lowest BCUT2D eigenvalue weighted by atomic mass is 9.95. The van der Waals surface area contributed by atoms with Crippen LogP contribution in [0, 0.1) is 11.7 Å². The van der Waals surface area contributed by atoms with Crippen molar-refractivity contribution in [3.05, 3.63) is 63.4 Å². The second kappa shape index (κ2) is 12.6. The molecule has 2 saturated heterocycles. The molecule has 2 amide bonds. The summed E-state index contributed by atoms with van der Waals surface area (Å²) in [6, 6.07) is 9.06. The van der Waals surface area contributed by atoms with Gasteiger partial charge in [-0.2, -0.15) is 0 Å². The van der Waals surface area contributed by atoms with Gasteiger partial charge in [0.15, 0.2) is 0 Å². The maximum absolute atomic E-state index is 14.1. The van der Waals surface area contributed by atoms with Crippen LogP contribution in [0.4, 0.5) is 10.1 Å². The number of benzene rings is 2. The van der Waals surface area contributed by atoms with E-state index in [0.717, 1.165) is 23.2 Å². The minimum absolute atomic E-state index is 0.0956. The van der Waals surface area contributed by atoms with E-state index in [1.54, 1.807) is 23.1 Å². The Labute approximate surface area is 234 Å². The van der Waals surface area contributed by atoms with Gasteiger partial charge in [0.2, 0.25) is 11.8 Å². The van der Waals surface area contributed by atoms with Gasteiger partial charge in [0.1, 0.15) is 11.9 Å². The first-order chi connectivity index (χ1) is 18.1. The van der Waals surface area contributed by atoms with Crippen LogP contribution in [0.1, 0.15) is 37.4 Å². The molecule has 3 N–H and O–H groups in total. The Kier molecular flexibility index (Phi) is 9.52. The van der Waals surface area contributed by atoms with Gasteiger partial charge in [0.05, 0.1) is 6.54 Å². The van der Waals surface area contributed by atoms with Gasteiger partial charge in [0.25, 0.3) is 0 Å². The Hall–Kier alpha value is -2.39. The number of hydrogen-bond acceptors (Lipinski definition) is 5. The molecule has 2 unspecified atom stereocenters. The van der Waals surface area contributed by atoms with Gasteiger partial charge in [-0.3, -0.25) is 9.59 Å². The first-order valence-electron chi connectivity index (χ1n) is 13.2. The number of rotatable bonds is 8. The molecule has 7 nitrogen and oxygen atoms in total. The Bertz CT molecular complexity index is 1160. The van der Waals surface area contributed by atoms with Crippen molar-refractivity contribution in [2.45, 2.75) is 38.8 Å².